The Hall–Kier alpha value is -1.98. The SMILES string of the molecule is CCOC(=O)c1cc(F)ccc1[N+](=O)[O-]. The van der Waals surface area contributed by atoms with E-state index in [1.165, 1.54) is 0 Å². The highest BCUT2D eigenvalue weighted by molar-refractivity contribution is 5.93. The number of hydrogen-bond acceptors (Lipinski definition) is 4. The van der Waals surface area contributed by atoms with Crippen molar-refractivity contribution in [3.05, 3.63) is 39.7 Å². The summed E-state index contributed by atoms with van der Waals surface area (Å²) < 4.78 is 17.3. The van der Waals surface area contributed by atoms with Gasteiger partial charge in [-0.05, 0) is 19.1 Å². The van der Waals surface area contributed by atoms with Crippen LogP contribution in [0.1, 0.15) is 17.3 Å². The molecule has 0 saturated carbocycles. The smallest absolute Gasteiger partial charge is 0.345 e. The van der Waals surface area contributed by atoms with E-state index < -0.39 is 22.4 Å². The maximum absolute atomic E-state index is 12.8. The van der Waals surface area contributed by atoms with Crippen LogP contribution in [0.2, 0.25) is 0 Å². The van der Waals surface area contributed by atoms with Gasteiger partial charge < -0.3 is 4.74 Å². The van der Waals surface area contributed by atoms with Crippen molar-refractivity contribution >= 4 is 11.7 Å². The number of carbonyl (C=O) groups is 1. The predicted molar refractivity (Wildman–Crippen MR) is 49.0 cm³/mol. The number of nitro benzene ring substituents is 1. The molecule has 0 aliphatic carbocycles. The first kappa shape index (κ1) is 11.1. The van der Waals surface area contributed by atoms with Crippen LogP contribution >= 0.6 is 0 Å². The maximum atomic E-state index is 12.8. The first-order chi connectivity index (χ1) is 7.06. The van der Waals surface area contributed by atoms with E-state index in [1.807, 2.05) is 0 Å². The fourth-order valence-electron chi connectivity index (χ4n) is 1.04. The predicted octanol–water partition coefficient (Wildman–Crippen LogP) is 1.91. The number of rotatable bonds is 3. The van der Waals surface area contributed by atoms with Crippen LogP contribution < -0.4 is 0 Å². The molecule has 0 saturated heterocycles. The van der Waals surface area contributed by atoms with E-state index >= 15 is 0 Å². The molecular weight excluding hydrogens is 205 g/mol. The number of nitrogens with zero attached hydrogens (tertiary/aromatic N) is 1. The molecule has 0 aromatic heterocycles. The molecule has 0 fully saturated rings. The molecule has 0 aliphatic rings. The highest BCUT2D eigenvalue weighted by Crippen LogP contribution is 2.20. The van der Waals surface area contributed by atoms with Gasteiger partial charge in [-0.3, -0.25) is 10.1 Å². The van der Waals surface area contributed by atoms with E-state index in [4.69, 9.17) is 0 Å². The third kappa shape index (κ3) is 2.49. The Kier molecular flexibility index (Phi) is 3.33. The molecule has 5 nitrogen and oxygen atoms in total. The van der Waals surface area contributed by atoms with Gasteiger partial charge in [-0.1, -0.05) is 0 Å². The fourth-order valence-corrected chi connectivity index (χ4v) is 1.04. The molecule has 0 bridgehead atoms. The highest BCUT2D eigenvalue weighted by Gasteiger charge is 2.21. The third-order valence-corrected chi connectivity index (χ3v) is 1.65. The van der Waals surface area contributed by atoms with Gasteiger partial charge in [0.2, 0.25) is 0 Å². The third-order valence-electron chi connectivity index (χ3n) is 1.65. The zero-order valence-electron chi connectivity index (χ0n) is 7.90. The molecule has 0 heterocycles. The summed E-state index contributed by atoms with van der Waals surface area (Å²) in [6.07, 6.45) is 0. The Morgan fingerprint density at radius 2 is 2.27 bits per heavy atom. The standard InChI is InChI=1S/C9H8FNO4/c1-2-15-9(12)7-5-6(10)3-4-8(7)11(13)14/h3-5H,2H2,1H3. The second-order valence-corrected chi connectivity index (χ2v) is 2.64. The molecule has 0 amide bonds. The largest absolute Gasteiger partial charge is 0.462 e. The van der Waals surface area contributed by atoms with Gasteiger partial charge in [0.1, 0.15) is 11.4 Å². The quantitative estimate of drug-likeness (QED) is 0.437. The molecule has 0 spiro atoms. The molecule has 15 heavy (non-hydrogen) atoms. The van der Waals surface area contributed by atoms with Crippen molar-refractivity contribution in [2.75, 3.05) is 6.61 Å². The van der Waals surface area contributed by atoms with Gasteiger partial charge in [-0.25, -0.2) is 9.18 Å². The van der Waals surface area contributed by atoms with Crippen LogP contribution in [0, 0.1) is 15.9 Å². The number of hydrogen-bond donors (Lipinski definition) is 0. The van der Waals surface area contributed by atoms with Crippen molar-refractivity contribution in [3.63, 3.8) is 0 Å². The number of carbonyl (C=O) groups excluding carboxylic acids is 1. The highest BCUT2D eigenvalue weighted by atomic mass is 19.1. The Bertz CT molecular complexity index is 405. The maximum Gasteiger partial charge on any atom is 0.345 e. The van der Waals surface area contributed by atoms with Gasteiger partial charge >= 0.3 is 5.97 Å². The molecule has 0 unspecified atom stereocenters. The summed E-state index contributed by atoms with van der Waals surface area (Å²) in [5.41, 5.74) is -0.836. The van der Waals surface area contributed by atoms with Crippen molar-refractivity contribution in [1.82, 2.24) is 0 Å². The first-order valence-electron chi connectivity index (χ1n) is 4.17. The fraction of sp³-hybridized carbons (Fsp3) is 0.222. The molecular formula is C9H8FNO4. The van der Waals surface area contributed by atoms with E-state index in [1.54, 1.807) is 6.92 Å². The Balaban J connectivity index is 3.18. The topological polar surface area (TPSA) is 69.4 Å². The van der Waals surface area contributed by atoms with Crippen molar-refractivity contribution in [1.29, 1.82) is 0 Å². The lowest BCUT2D eigenvalue weighted by Gasteiger charge is -2.02. The molecule has 1 rings (SSSR count). The van der Waals surface area contributed by atoms with E-state index in [9.17, 15) is 19.3 Å². The van der Waals surface area contributed by atoms with E-state index in [0.29, 0.717) is 0 Å². The molecule has 0 N–H and O–H groups in total. The van der Waals surface area contributed by atoms with Crippen LogP contribution in [0.15, 0.2) is 18.2 Å². The Morgan fingerprint density at radius 1 is 1.60 bits per heavy atom. The second kappa shape index (κ2) is 4.50. The summed E-state index contributed by atoms with van der Waals surface area (Å²) in [6, 6.07) is 2.64. The summed E-state index contributed by atoms with van der Waals surface area (Å²) in [7, 11) is 0. The van der Waals surface area contributed by atoms with Crippen LogP contribution in [-0.4, -0.2) is 17.5 Å². The van der Waals surface area contributed by atoms with Gasteiger partial charge in [0, 0.05) is 6.07 Å². The minimum Gasteiger partial charge on any atom is -0.462 e. The Morgan fingerprint density at radius 3 is 2.80 bits per heavy atom. The summed E-state index contributed by atoms with van der Waals surface area (Å²) in [4.78, 5) is 21.0. The second-order valence-electron chi connectivity index (χ2n) is 2.64. The molecule has 0 radical (unpaired) electrons. The summed E-state index contributed by atoms with van der Waals surface area (Å²) in [6.45, 7) is 1.63. The van der Waals surface area contributed by atoms with Crippen LogP contribution in [0.5, 0.6) is 0 Å². The summed E-state index contributed by atoms with van der Waals surface area (Å²) >= 11 is 0. The average molecular weight is 213 g/mol. The molecule has 1 aromatic carbocycles. The van der Waals surface area contributed by atoms with Crippen molar-refractivity contribution in [3.8, 4) is 0 Å². The number of esters is 1. The van der Waals surface area contributed by atoms with Crippen molar-refractivity contribution < 1.29 is 18.8 Å². The van der Waals surface area contributed by atoms with Gasteiger partial charge in [0.05, 0.1) is 11.5 Å². The molecule has 6 heteroatoms. The van der Waals surface area contributed by atoms with Crippen LogP contribution in [0.3, 0.4) is 0 Å². The molecule has 0 aliphatic heterocycles. The average Bonchev–Trinajstić information content (AvgIpc) is 2.17. The lowest BCUT2D eigenvalue weighted by molar-refractivity contribution is -0.385. The molecule has 0 atom stereocenters. The normalized spacial score (nSPS) is 9.73. The Labute approximate surface area is 84.6 Å². The zero-order valence-corrected chi connectivity index (χ0v) is 7.90. The zero-order chi connectivity index (χ0) is 11.4. The van der Waals surface area contributed by atoms with Gasteiger partial charge in [0.25, 0.3) is 5.69 Å². The first-order valence-corrected chi connectivity index (χ1v) is 4.17. The number of ether oxygens (including phenoxy) is 1. The number of halogens is 1. The van der Waals surface area contributed by atoms with Crippen LogP contribution in [0.4, 0.5) is 10.1 Å². The minimum atomic E-state index is -0.899. The minimum absolute atomic E-state index is 0.0759. The number of benzene rings is 1. The van der Waals surface area contributed by atoms with E-state index in [0.717, 1.165) is 18.2 Å². The lowest BCUT2D eigenvalue weighted by Crippen LogP contribution is -2.08. The monoisotopic (exact) mass is 213 g/mol. The molecule has 1 aromatic rings. The van der Waals surface area contributed by atoms with Crippen molar-refractivity contribution in [2.24, 2.45) is 0 Å². The van der Waals surface area contributed by atoms with Gasteiger partial charge in [-0.2, -0.15) is 0 Å². The number of nitro groups is 1. The summed E-state index contributed by atoms with van der Waals surface area (Å²) in [5.74, 6) is -1.62. The van der Waals surface area contributed by atoms with E-state index in [-0.39, 0.29) is 12.2 Å². The summed E-state index contributed by atoms with van der Waals surface area (Å²) in [5, 5.41) is 10.5. The van der Waals surface area contributed by atoms with Gasteiger partial charge in [0.15, 0.2) is 0 Å². The van der Waals surface area contributed by atoms with Crippen molar-refractivity contribution in [2.45, 2.75) is 6.92 Å². The molecule has 80 valence electrons. The van der Waals surface area contributed by atoms with E-state index in [2.05, 4.69) is 4.74 Å². The van der Waals surface area contributed by atoms with Crippen LogP contribution in [0.25, 0.3) is 0 Å². The van der Waals surface area contributed by atoms with Crippen LogP contribution in [-0.2, 0) is 4.74 Å². The lowest BCUT2D eigenvalue weighted by atomic mass is 10.2. The van der Waals surface area contributed by atoms with Gasteiger partial charge in [-0.15, -0.1) is 0 Å².